The van der Waals surface area contributed by atoms with Crippen LogP contribution in [0.4, 0.5) is 0 Å². The van der Waals surface area contributed by atoms with E-state index in [2.05, 4.69) is 146 Å². The summed E-state index contributed by atoms with van der Waals surface area (Å²) in [7, 11) is 0. The fraction of sp³-hybridized carbons (Fsp3) is 0.0909. The maximum absolute atomic E-state index is 6.69. The first-order valence-electron chi connectivity index (χ1n) is 16.4. The molecule has 6 aromatic carbocycles. The molecule has 2 heterocycles. The summed E-state index contributed by atoms with van der Waals surface area (Å²) >= 11 is 0. The molecule has 0 saturated carbocycles. The Morgan fingerprint density at radius 2 is 1.38 bits per heavy atom. The van der Waals surface area contributed by atoms with Crippen molar-refractivity contribution in [3.8, 4) is 11.5 Å². The van der Waals surface area contributed by atoms with Gasteiger partial charge in [-0.1, -0.05) is 127 Å². The van der Waals surface area contributed by atoms with E-state index in [9.17, 15) is 0 Å². The molecule has 0 radical (unpaired) electrons. The van der Waals surface area contributed by atoms with Crippen molar-refractivity contribution in [3.63, 3.8) is 0 Å². The van der Waals surface area contributed by atoms with Crippen LogP contribution in [0.3, 0.4) is 0 Å². The summed E-state index contributed by atoms with van der Waals surface area (Å²) in [6.07, 6.45) is 6.26. The molecule has 3 heteroatoms. The van der Waals surface area contributed by atoms with Gasteiger partial charge in [-0.2, -0.15) is 0 Å². The maximum atomic E-state index is 6.69. The van der Waals surface area contributed by atoms with Crippen LogP contribution in [-0.2, 0) is 5.41 Å². The van der Waals surface area contributed by atoms with Crippen LogP contribution in [-0.4, -0.2) is 11.5 Å². The van der Waals surface area contributed by atoms with Gasteiger partial charge in [0.1, 0.15) is 11.5 Å². The molecule has 0 aromatic heterocycles. The molecule has 47 heavy (non-hydrogen) atoms. The van der Waals surface area contributed by atoms with Crippen molar-refractivity contribution in [2.75, 3.05) is 0 Å². The van der Waals surface area contributed by atoms with Gasteiger partial charge >= 0.3 is 0 Å². The van der Waals surface area contributed by atoms with Crippen LogP contribution in [0.5, 0.6) is 11.5 Å². The Morgan fingerprint density at radius 3 is 2.30 bits per heavy atom. The molecule has 4 aliphatic rings. The van der Waals surface area contributed by atoms with E-state index < -0.39 is 5.41 Å². The lowest BCUT2D eigenvalue weighted by Gasteiger charge is -2.41. The number of para-hydroxylation sites is 1. The molecule has 0 bridgehead atoms. The Morgan fingerprint density at radius 1 is 0.617 bits per heavy atom. The first-order valence-corrected chi connectivity index (χ1v) is 16.4. The minimum absolute atomic E-state index is 0.101. The fourth-order valence-electron chi connectivity index (χ4n) is 8.25. The van der Waals surface area contributed by atoms with Crippen molar-refractivity contribution in [3.05, 3.63) is 196 Å². The van der Waals surface area contributed by atoms with Crippen LogP contribution in [0.1, 0.15) is 57.8 Å². The highest BCUT2D eigenvalue weighted by molar-refractivity contribution is 6.15. The van der Waals surface area contributed by atoms with Gasteiger partial charge in [-0.3, -0.25) is 4.99 Å². The Bertz CT molecular complexity index is 2400. The molecule has 0 N–H and O–H groups in total. The molecule has 0 saturated heterocycles. The summed E-state index contributed by atoms with van der Waals surface area (Å²) in [5.74, 6) is 2.61. The molecule has 6 aromatic rings. The number of hydrogen-bond acceptors (Lipinski definition) is 3. The second-order valence-electron chi connectivity index (χ2n) is 12.8. The molecule has 3 nitrogen and oxygen atoms in total. The van der Waals surface area contributed by atoms with E-state index in [0.717, 1.165) is 40.6 Å². The van der Waals surface area contributed by atoms with Gasteiger partial charge in [-0.25, -0.2) is 4.99 Å². The van der Waals surface area contributed by atoms with Gasteiger partial charge in [-0.05, 0) is 74.9 Å². The van der Waals surface area contributed by atoms with Crippen molar-refractivity contribution in [2.24, 2.45) is 9.98 Å². The largest absolute Gasteiger partial charge is 0.457 e. The molecule has 2 atom stereocenters. The topological polar surface area (TPSA) is 34.0 Å². The van der Waals surface area contributed by atoms with Gasteiger partial charge in [0.25, 0.3) is 0 Å². The third-order valence-corrected chi connectivity index (χ3v) is 10.3. The molecular weight excluding hydrogens is 572 g/mol. The standard InChI is InChI=1S/C44H30N2O/c1-2-12-29(13-3-1)43-45-39(31-22-21-28-11-4-5-14-30(28)25-31)27-40(46-43)32-23-24-42-38(26-32)44(37-18-8-9-20-41(37)47-42)35-17-7-6-15-33(35)34-16-10-19-36(34)44/h1-18,20-26,40H,19,27H2. The van der Waals surface area contributed by atoms with Crippen molar-refractivity contribution in [1.29, 1.82) is 0 Å². The molecule has 222 valence electrons. The average molecular weight is 603 g/mol. The maximum Gasteiger partial charge on any atom is 0.155 e. The molecule has 0 fully saturated rings. The van der Waals surface area contributed by atoms with E-state index in [4.69, 9.17) is 14.7 Å². The highest BCUT2D eigenvalue weighted by atomic mass is 16.5. The van der Waals surface area contributed by atoms with Gasteiger partial charge in [0.05, 0.1) is 17.2 Å². The van der Waals surface area contributed by atoms with Crippen LogP contribution in [0.25, 0.3) is 16.3 Å². The summed E-state index contributed by atoms with van der Waals surface area (Å²) in [4.78, 5) is 10.5. The van der Waals surface area contributed by atoms with E-state index in [1.54, 1.807) is 0 Å². The van der Waals surface area contributed by atoms with Crippen molar-refractivity contribution < 1.29 is 4.74 Å². The third kappa shape index (κ3) is 3.86. The molecule has 2 aliphatic heterocycles. The fourth-order valence-corrected chi connectivity index (χ4v) is 8.25. The minimum atomic E-state index is -0.425. The molecule has 1 spiro atoms. The molecule has 0 amide bonds. The summed E-state index contributed by atoms with van der Waals surface area (Å²) in [5.41, 5.74) is 11.8. The zero-order valence-corrected chi connectivity index (χ0v) is 25.7. The summed E-state index contributed by atoms with van der Waals surface area (Å²) in [6, 6.07) is 49.7. The van der Waals surface area contributed by atoms with E-state index in [0.29, 0.717) is 6.42 Å². The number of benzene rings is 6. The lowest BCUT2D eigenvalue weighted by molar-refractivity contribution is 0.432. The zero-order valence-electron chi connectivity index (χ0n) is 25.7. The molecule has 2 aliphatic carbocycles. The zero-order chi connectivity index (χ0) is 31.0. The summed E-state index contributed by atoms with van der Waals surface area (Å²) in [5, 5.41) is 2.45. The number of allylic oxidation sites excluding steroid dienone is 4. The smallest absolute Gasteiger partial charge is 0.155 e. The Labute approximate surface area is 273 Å². The number of ether oxygens (including phenoxy) is 1. The molecule has 10 rings (SSSR count). The van der Waals surface area contributed by atoms with Crippen molar-refractivity contribution in [1.82, 2.24) is 0 Å². The Hall–Kier alpha value is -5.80. The van der Waals surface area contributed by atoms with Crippen LogP contribution >= 0.6 is 0 Å². The minimum Gasteiger partial charge on any atom is -0.457 e. The Kier molecular flexibility index (Phi) is 5.68. The third-order valence-electron chi connectivity index (χ3n) is 10.3. The number of fused-ring (bicyclic) bond motifs is 9. The second kappa shape index (κ2) is 10.1. The first kappa shape index (κ1) is 26.4. The normalized spacial score (nSPS) is 20.3. The summed E-state index contributed by atoms with van der Waals surface area (Å²) in [6.45, 7) is 0. The van der Waals surface area contributed by atoms with E-state index in [1.165, 1.54) is 49.7 Å². The summed E-state index contributed by atoms with van der Waals surface area (Å²) < 4.78 is 6.69. The highest BCUT2D eigenvalue weighted by Crippen LogP contribution is 2.63. The molecular formula is C44H30N2O. The van der Waals surface area contributed by atoms with Gasteiger partial charge in [-0.15, -0.1) is 0 Å². The van der Waals surface area contributed by atoms with E-state index in [1.807, 2.05) is 6.07 Å². The van der Waals surface area contributed by atoms with Crippen LogP contribution in [0.2, 0.25) is 0 Å². The number of hydrogen-bond donors (Lipinski definition) is 0. The number of amidine groups is 1. The predicted octanol–water partition coefficient (Wildman–Crippen LogP) is 10.4. The quantitative estimate of drug-likeness (QED) is 0.198. The number of aliphatic imine (C=N–C) groups is 2. The first-order chi connectivity index (χ1) is 23.3. The SMILES string of the molecule is C1=CC2=C(C1)C1(c3ccccc3Oc3ccc(C4CC(c5ccc6ccccc6c5)=NC(c5ccccc5)=N4)cc31)c1ccccc12. The van der Waals surface area contributed by atoms with Gasteiger partial charge in [0.2, 0.25) is 0 Å². The monoisotopic (exact) mass is 602 g/mol. The van der Waals surface area contributed by atoms with Crippen LogP contribution in [0, 0.1) is 0 Å². The van der Waals surface area contributed by atoms with Crippen molar-refractivity contribution >= 4 is 27.9 Å². The Balaban J connectivity index is 1.16. The predicted molar refractivity (Wildman–Crippen MR) is 191 cm³/mol. The van der Waals surface area contributed by atoms with Gasteiger partial charge in [0.15, 0.2) is 5.84 Å². The average Bonchev–Trinajstić information content (AvgIpc) is 3.73. The highest BCUT2D eigenvalue weighted by Gasteiger charge is 2.52. The number of nitrogens with zero attached hydrogens (tertiary/aromatic N) is 2. The molecule has 2 unspecified atom stereocenters. The van der Waals surface area contributed by atoms with Crippen LogP contribution in [0.15, 0.2) is 167 Å². The van der Waals surface area contributed by atoms with Gasteiger partial charge in [0, 0.05) is 23.1 Å². The van der Waals surface area contributed by atoms with Crippen molar-refractivity contribution in [2.45, 2.75) is 24.3 Å². The van der Waals surface area contributed by atoms with Crippen LogP contribution < -0.4 is 4.74 Å². The second-order valence-corrected chi connectivity index (χ2v) is 12.8. The number of rotatable bonds is 3. The lowest BCUT2D eigenvalue weighted by atomic mass is 9.64. The van der Waals surface area contributed by atoms with E-state index >= 15 is 0 Å². The van der Waals surface area contributed by atoms with Gasteiger partial charge < -0.3 is 4.74 Å². The van der Waals surface area contributed by atoms with E-state index in [-0.39, 0.29) is 6.04 Å². The lowest BCUT2D eigenvalue weighted by Crippen LogP contribution is -2.33.